The first-order valence-corrected chi connectivity index (χ1v) is 4.71. The summed E-state index contributed by atoms with van der Waals surface area (Å²) >= 11 is 0. The minimum atomic E-state index is -0.849. The normalized spacial score (nSPS) is 12.1. The largest absolute Gasteiger partial charge is 0.493 e. The highest BCUT2D eigenvalue weighted by Crippen LogP contribution is 2.13. The Morgan fingerprint density at radius 3 is 2.93 bits per heavy atom. The molecule has 0 aliphatic carbocycles. The zero-order valence-electron chi connectivity index (χ0n) is 8.44. The van der Waals surface area contributed by atoms with E-state index >= 15 is 0 Å². The number of aliphatic carboxylic acids is 1. The Bertz CT molecular complexity index is 338. The van der Waals surface area contributed by atoms with Gasteiger partial charge < -0.3 is 9.84 Å². The summed E-state index contributed by atoms with van der Waals surface area (Å²) in [5.74, 6) is -1.23. The molecule has 0 saturated heterocycles. The molecule has 0 bridgehead atoms. The number of halogens is 1. The van der Waals surface area contributed by atoms with E-state index in [1.165, 1.54) is 12.1 Å². The summed E-state index contributed by atoms with van der Waals surface area (Å²) in [6.45, 7) is 1.88. The lowest BCUT2D eigenvalue weighted by molar-refractivity contribution is -0.141. The maximum absolute atomic E-state index is 12.7. The molecule has 0 heterocycles. The Morgan fingerprint density at radius 2 is 2.33 bits per heavy atom. The Kier molecular flexibility index (Phi) is 4.09. The average Bonchev–Trinajstić information content (AvgIpc) is 2.17. The molecule has 1 unspecified atom stereocenters. The Balaban J connectivity index is 2.35. The van der Waals surface area contributed by atoms with Crippen LogP contribution in [0.1, 0.15) is 13.3 Å². The highest BCUT2D eigenvalue weighted by molar-refractivity contribution is 5.69. The van der Waals surface area contributed by atoms with Gasteiger partial charge >= 0.3 is 5.97 Å². The van der Waals surface area contributed by atoms with Gasteiger partial charge in [0.1, 0.15) is 11.6 Å². The first kappa shape index (κ1) is 11.5. The standard InChI is InChI=1S/C11H13FO3/c1-8(11(13)14)5-6-15-10-4-2-3-9(12)7-10/h2-4,7-8H,5-6H2,1H3,(H,13,14). The van der Waals surface area contributed by atoms with Gasteiger partial charge in [-0.2, -0.15) is 0 Å². The minimum absolute atomic E-state index is 0.275. The third kappa shape index (κ3) is 3.97. The fourth-order valence-electron chi connectivity index (χ4n) is 1.03. The summed E-state index contributed by atoms with van der Waals surface area (Å²) in [6, 6.07) is 5.78. The molecule has 1 rings (SSSR count). The molecule has 1 aromatic carbocycles. The monoisotopic (exact) mass is 212 g/mol. The van der Waals surface area contributed by atoms with Crippen molar-refractivity contribution in [3.63, 3.8) is 0 Å². The Hall–Kier alpha value is -1.58. The van der Waals surface area contributed by atoms with Crippen LogP contribution in [-0.4, -0.2) is 17.7 Å². The molecule has 4 heteroatoms. The lowest BCUT2D eigenvalue weighted by atomic mass is 10.1. The molecule has 3 nitrogen and oxygen atoms in total. The van der Waals surface area contributed by atoms with Gasteiger partial charge in [0.2, 0.25) is 0 Å². The second kappa shape index (κ2) is 5.34. The third-order valence-electron chi connectivity index (χ3n) is 2.04. The summed E-state index contributed by atoms with van der Waals surface area (Å²) in [5, 5.41) is 8.61. The maximum atomic E-state index is 12.7. The van der Waals surface area contributed by atoms with Gasteiger partial charge in [-0.3, -0.25) is 4.79 Å². The molecule has 0 saturated carbocycles. The van der Waals surface area contributed by atoms with E-state index in [1.54, 1.807) is 19.1 Å². The summed E-state index contributed by atoms with van der Waals surface area (Å²) in [4.78, 5) is 10.5. The van der Waals surface area contributed by atoms with Crippen LogP contribution in [0.2, 0.25) is 0 Å². The van der Waals surface area contributed by atoms with Gasteiger partial charge in [0.15, 0.2) is 0 Å². The van der Waals surface area contributed by atoms with Crippen LogP contribution < -0.4 is 4.74 Å². The highest BCUT2D eigenvalue weighted by Gasteiger charge is 2.10. The number of rotatable bonds is 5. The van der Waals surface area contributed by atoms with Crippen LogP contribution in [-0.2, 0) is 4.79 Å². The molecular formula is C11H13FO3. The van der Waals surface area contributed by atoms with Crippen LogP contribution in [0.25, 0.3) is 0 Å². The van der Waals surface area contributed by atoms with Crippen molar-refractivity contribution in [2.24, 2.45) is 5.92 Å². The number of hydrogen-bond donors (Lipinski definition) is 1. The predicted octanol–water partition coefficient (Wildman–Crippen LogP) is 2.32. The number of hydrogen-bond acceptors (Lipinski definition) is 2. The lowest BCUT2D eigenvalue weighted by Crippen LogP contribution is -2.13. The van der Waals surface area contributed by atoms with E-state index in [0.29, 0.717) is 12.2 Å². The number of carboxylic acid groups (broad SMARTS) is 1. The average molecular weight is 212 g/mol. The van der Waals surface area contributed by atoms with Crippen molar-refractivity contribution in [3.8, 4) is 5.75 Å². The summed E-state index contributed by atoms with van der Waals surface area (Å²) < 4.78 is 17.9. The number of benzene rings is 1. The number of carboxylic acids is 1. The van der Waals surface area contributed by atoms with Gasteiger partial charge in [0, 0.05) is 6.07 Å². The third-order valence-corrected chi connectivity index (χ3v) is 2.04. The van der Waals surface area contributed by atoms with Crippen molar-refractivity contribution in [3.05, 3.63) is 30.1 Å². The molecule has 0 spiro atoms. The molecule has 0 aromatic heterocycles. The van der Waals surface area contributed by atoms with Crippen LogP contribution in [0.4, 0.5) is 4.39 Å². The molecule has 0 aliphatic heterocycles. The first-order chi connectivity index (χ1) is 7.09. The van der Waals surface area contributed by atoms with Crippen molar-refractivity contribution < 1.29 is 19.0 Å². The van der Waals surface area contributed by atoms with Crippen LogP contribution >= 0.6 is 0 Å². The quantitative estimate of drug-likeness (QED) is 0.814. The smallest absolute Gasteiger partial charge is 0.306 e. The van der Waals surface area contributed by atoms with Crippen molar-refractivity contribution in [1.29, 1.82) is 0 Å². The molecular weight excluding hydrogens is 199 g/mol. The highest BCUT2D eigenvalue weighted by atomic mass is 19.1. The molecule has 0 amide bonds. The van der Waals surface area contributed by atoms with Crippen molar-refractivity contribution in [1.82, 2.24) is 0 Å². The molecule has 0 radical (unpaired) electrons. The van der Waals surface area contributed by atoms with Crippen LogP contribution in [0.3, 0.4) is 0 Å². The second-order valence-corrected chi connectivity index (χ2v) is 3.33. The minimum Gasteiger partial charge on any atom is -0.493 e. The van der Waals surface area contributed by atoms with E-state index in [4.69, 9.17) is 9.84 Å². The summed E-state index contributed by atoms with van der Waals surface area (Å²) in [7, 11) is 0. The van der Waals surface area contributed by atoms with Gasteiger partial charge in [-0.25, -0.2) is 4.39 Å². The second-order valence-electron chi connectivity index (χ2n) is 3.33. The number of ether oxygens (including phenoxy) is 1. The molecule has 15 heavy (non-hydrogen) atoms. The van der Waals surface area contributed by atoms with E-state index in [9.17, 15) is 9.18 Å². The Morgan fingerprint density at radius 1 is 1.60 bits per heavy atom. The molecule has 1 aromatic rings. The zero-order valence-corrected chi connectivity index (χ0v) is 8.44. The fraction of sp³-hybridized carbons (Fsp3) is 0.364. The van der Waals surface area contributed by atoms with Gasteiger partial charge in [-0.1, -0.05) is 13.0 Å². The van der Waals surface area contributed by atoms with Gasteiger partial charge in [-0.15, -0.1) is 0 Å². The van der Waals surface area contributed by atoms with Gasteiger partial charge in [0.05, 0.1) is 12.5 Å². The molecule has 0 aliphatic rings. The van der Waals surface area contributed by atoms with Crippen LogP contribution in [0.5, 0.6) is 5.75 Å². The van der Waals surface area contributed by atoms with Crippen molar-refractivity contribution in [2.45, 2.75) is 13.3 Å². The molecule has 0 fully saturated rings. The van der Waals surface area contributed by atoms with E-state index in [1.807, 2.05) is 0 Å². The zero-order chi connectivity index (χ0) is 11.3. The van der Waals surface area contributed by atoms with E-state index in [-0.39, 0.29) is 12.4 Å². The van der Waals surface area contributed by atoms with Gasteiger partial charge in [-0.05, 0) is 18.6 Å². The van der Waals surface area contributed by atoms with Gasteiger partial charge in [0.25, 0.3) is 0 Å². The maximum Gasteiger partial charge on any atom is 0.306 e. The molecule has 82 valence electrons. The topological polar surface area (TPSA) is 46.5 Å². The summed E-state index contributed by atoms with van der Waals surface area (Å²) in [5.41, 5.74) is 0. The summed E-state index contributed by atoms with van der Waals surface area (Å²) in [6.07, 6.45) is 0.409. The predicted molar refractivity (Wildman–Crippen MR) is 53.3 cm³/mol. The van der Waals surface area contributed by atoms with E-state index in [2.05, 4.69) is 0 Å². The fourth-order valence-corrected chi connectivity index (χ4v) is 1.03. The van der Waals surface area contributed by atoms with Crippen molar-refractivity contribution >= 4 is 5.97 Å². The van der Waals surface area contributed by atoms with Crippen molar-refractivity contribution in [2.75, 3.05) is 6.61 Å². The Labute approximate surface area is 87.5 Å². The van der Waals surface area contributed by atoms with Crippen LogP contribution in [0, 0.1) is 11.7 Å². The van der Waals surface area contributed by atoms with E-state index < -0.39 is 11.9 Å². The van der Waals surface area contributed by atoms with Crippen LogP contribution in [0.15, 0.2) is 24.3 Å². The first-order valence-electron chi connectivity index (χ1n) is 4.71. The lowest BCUT2D eigenvalue weighted by Gasteiger charge is -2.08. The SMILES string of the molecule is CC(CCOc1cccc(F)c1)C(=O)O. The van der Waals surface area contributed by atoms with E-state index in [0.717, 1.165) is 0 Å². The molecule has 1 N–H and O–H groups in total. The molecule has 1 atom stereocenters. The number of carbonyl (C=O) groups is 1.